The van der Waals surface area contributed by atoms with Gasteiger partial charge < -0.3 is 24.3 Å². The number of amides is 1. The van der Waals surface area contributed by atoms with Crippen LogP contribution in [0.3, 0.4) is 0 Å². The molecular weight excluding hydrogens is 456 g/mol. The maximum atomic E-state index is 12.8. The third-order valence-corrected chi connectivity index (χ3v) is 6.85. The number of benzene rings is 3. The number of anilines is 1. The zero-order valence-corrected chi connectivity index (χ0v) is 20.5. The zero-order valence-electron chi connectivity index (χ0n) is 20.5. The Morgan fingerprint density at radius 1 is 0.972 bits per heavy atom. The van der Waals surface area contributed by atoms with Crippen LogP contribution in [-0.2, 0) is 12.1 Å². The molecule has 0 radical (unpaired) electrons. The monoisotopic (exact) mass is 486 g/mol. The Balaban J connectivity index is 1.28. The molecule has 0 saturated carbocycles. The number of hydrogen-bond donors (Lipinski definition) is 2. The van der Waals surface area contributed by atoms with Gasteiger partial charge in [0.15, 0.2) is 17.3 Å². The van der Waals surface area contributed by atoms with Crippen molar-refractivity contribution in [2.75, 3.05) is 32.6 Å². The molecule has 0 spiro atoms. The molecule has 4 aromatic rings. The largest absolute Gasteiger partial charge is 0.493 e. The molecule has 1 aromatic heterocycles. The van der Waals surface area contributed by atoms with E-state index in [1.807, 2.05) is 24.3 Å². The molecule has 186 valence electrons. The van der Waals surface area contributed by atoms with Crippen molar-refractivity contribution in [3.05, 3.63) is 89.7 Å². The number of nitrogens with one attached hydrogen (secondary N) is 1. The Labute approximate surface area is 210 Å². The second-order valence-electron chi connectivity index (χ2n) is 9.18. The number of methoxy groups -OCH3 is 2. The minimum atomic E-state index is -0.902. The number of ether oxygens (including phenoxy) is 2. The van der Waals surface area contributed by atoms with E-state index in [9.17, 15) is 9.90 Å². The fraction of sp³-hybridized carbons (Fsp3) is 0.276. The van der Waals surface area contributed by atoms with Gasteiger partial charge in [0, 0.05) is 36.8 Å². The normalized spacial score (nSPS) is 15.5. The molecule has 5 rings (SSSR count). The smallest absolute Gasteiger partial charge is 0.291 e. The molecule has 7 nitrogen and oxygen atoms in total. The molecule has 0 atom stereocenters. The number of rotatable bonds is 7. The van der Waals surface area contributed by atoms with Crippen molar-refractivity contribution in [2.45, 2.75) is 25.0 Å². The number of likely N-dealkylation sites (tertiary alicyclic amines) is 1. The van der Waals surface area contributed by atoms with Gasteiger partial charge in [0.2, 0.25) is 0 Å². The van der Waals surface area contributed by atoms with Crippen LogP contribution in [0.25, 0.3) is 11.0 Å². The van der Waals surface area contributed by atoms with E-state index >= 15 is 0 Å². The quantitative estimate of drug-likeness (QED) is 0.374. The van der Waals surface area contributed by atoms with Gasteiger partial charge in [0.05, 0.1) is 19.8 Å². The summed E-state index contributed by atoms with van der Waals surface area (Å²) in [7, 11) is 3.10. The summed E-state index contributed by atoms with van der Waals surface area (Å²) in [6, 6.07) is 22.9. The van der Waals surface area contributed by atoms with Crippen molar-refractivity contribution in [3.8, 4) is 11.5 Å². The van der Waals surface area contributed by atoms with Gasteiger partial charge in [-0.3, -0.25) is 9.69 Å². The summed E-state index contributed by atoms with van der Waals surface area (Å²) in [5.74, 6) is 0.928. The summed E-state index contributed by atoms with van der Waals surface area (Å²) < 4.78 is 16.3. The summed E-state index contributed by atoms with van der Waals surface area (Å²) in [6.07, 6.45) is 1.30. The number of piperidine rings is 1. The van der Waals surface area contributed by atoms with E-state index in [-0.39, 0.29) is 11.7 Å². The lowest BCUT2D eigenvalue weighted by Gasteiger charge is -2.38. The van der Waals surface area contributed by atoms with Gasteiger partial charge in [-0.15, -0.1) is 0 Å². The Morgan fingerprint density at radius 3 is 2.44 bits per heavy atom. The lowest BCUT2D eigenvalue weighted by Crippen LogP contribution is -2.42. The van der Waals surface area contributed by atoms with Gasteiger partial charge in [-0.1, -0.05) is 36.4 Å². The maximum absolute atomic E-state index is 12.8. The van der Waals surface area contributed by atoms with E-state index in [1.165, 1.54) is 5.56 Å². The van der Waals surface area contributed by atoms with Crippen LogP contribution in [0.5, 0.6) is 11.5 Å². The van der Waals surface area contributed by atoms with Crippen molar-refractivity contribution in [3.63, 3.8) is 0 Å². The van der Waals surface area contributed by atoms with Crippen LogP contribution in [-0.4, -0.2) is 43.2 Å². The molecule has 7 heteroatoms. The Bertz CT molecular complexity index is 1360. The van der Waals surface area contributed by atoms with Gasteiger partial charge in [-0.05, 0) is 54.3 Å². The summed E-state index contributed by atoms with van der Waals surface area (Å²) in [4.78, 5) is 15.2. The Kier molecular flexibility index (Phi) is 6.67. The Morgan fingerprint density at radius 2 is 1.72 bits per heavy atom. The average Bonchev–Trinajstić information content (AvgIpc) is 3.34. The van der Waals surface area contributed by atoms with E-state index in [4.69, 9.17) is 13.9 Å². The van der Waals surface area contributed by atoms with Crippen molar-refractivity contribution in [2.24, 2.45) is 0 Å². The molecule has 2 heterocycles. The van der Waals surface area contributed by atoms with Crippen molar-refractivity contribution >= 4 is 22.6 Å². The molecule has 2 N–H and O–H groups in total. The van der Waals surface area contributed by atoms with Crippen molar-refractivity contribution < 1.29 is 23.8 Å². The predicted octanol–water partition coefficient (Wildman–Crippen LogP) is 5.19. The first kappa shape index (κ1) is 23.9. The van der Waals surface area contributed by atoms with Crippen LogP contribution in [0.15, 0.2) is 77.2 Å². The highest BCUT2D eigenvalue weighted by Crippen LogP contribution is 2.36. The number of fused-ring (bicyclic) bond motifs is 1. The van der Waals surface area contributed by atoms with Gasteiger partial charge in [0.1, 0.15) is 5.58 Å². The minimum Gasteiger partial charge on any atom is -0.493 e. The van der Waals surface area contributed by atoms with E-state index < -0.39 is 5.60 Å². The molecule has 1 aliphatic heterocycles. The maximum Gasteiger partial charge on any atom is 0.291 e. The van der Waals surface area contributed by atoms with Crippen molar-refractivity contribution in [1.29, 1.82) is 0 Å². The first-order chi connectivity index (χ1) is 17.5. The second kappa shape index (κ2) is 10.0. The van der Waals surface area contributed by atoms with Crippen LogP contribution in [0.2, 0.25) is 0 Å². The molecule has 1 saturated heterocycles. The number of carbonyl (C=O) groups excluding carboxylic acids is 1. The topological polar surface area (TPSA) is 84.2 Å². The highest BCUT2D eigenvalue weighted by atomic mass is 16.5. The van der Waals surface area contributed by atoms with Gasteiger partial charge in [-0.25, -0.2) is 0 Å². The lowest BCUT2D eigenvalue weighted by molar-refractivity contribution is -0.0276. The van der Waals surface area contributed by atoms with Crippen molar-refractivity contribution in [1.82, 2.24) is 4.90 Å². The fourth-order valence-corrected chi connectivity index (χ4v) is 4.76. The van der Waals surface area contributed by atoms with Gasteiger partial charge >= 0.3 is 0 Å². The summed E-state index contributed by atoms with van der Waals surface area (Å²) in [5, 5.41) is 15.0. The van der Waals surface area contributed by atoms with Crippen LogP contribution in [0, 0.1) is 0 Å². The molecule has 0 unspecified atom stereocenters. The molecule has 1 amide bonds. The highest BCUT2D eigenvalue weighted by molar-refractivity contribution is 6.04. The standard InChI is InChI=1S/C29H30N2O5/c1-34-25-11-9-23(18-26(25)35-2)30-28(32)27-17-21-16-22(8-10-24(21)36-27)29(33)12-14-31(15-13-29)19-20-6-4-3-5-7-20/h3-11,16-18,33H,12-15,19H2,1-2H3,(H,30,32). The first-order valence-electron chi connectivity index (χ1n) is 12.0. The SMILES string of the molecule is COc1ccc(NC(=O)c2cc3cc(C4(O)CCN(Cc5ccccc5)CC4)ccc3o2)cc1OC. The van der Waals surface area contributed by atoms with E-state index in [1.54, 1.807) is 38.5 Å². The molecule has 36 heavy (non-hydrogen) atoms. The third kappa shape index (κ3) is 4.94. The lowest BCUT2D eigenvalue weighted by atomic mass is 9.84. The minimum absolute atomic E-state index is 0.196. The third-order valence-electron chi connectivity index (χ3n) is 6.85. The van der Waals surface area contributed by atoms with Crippen LogP contribution in [0.4, 0.5) is 5.69 Å². The molecular formula is C29H30N2O5. The van der Waals surface area contributed by atoms with Crippen LogP contribution >= 0.6 is 0 Å². The Hall–Kier alpha value is -3.81. The van der Waals surface area contributed by atoms with Gasteiger partial charge in [-0.2, -0.15) is 0 Å². The highest BCUT2D eigenvalue weighted by Gasteiger charge is 2.34. The van der Waals surface area contributed by atoms with E-state index in [0.29, 0.717) is 35.6 Å². The van der Waals surface area contributed by atoms with E-state index in [0.717, 1.165) is 30.6 Å². The first-order valence-corrected chi connectivity index (χ1v) is 12.0. The number of aliphatic hydroxyl groups is 1. The zero-order chi connectivity index (χ0) is 25.1. The molecule has 0 aliphatic carbocycles. The number of hydrogen-bond acceptors (Lipinski definition) is 6. The van der Waals surface area contributed by atoms with Crippen LogP contribution in [0.1, 0.15) is 34.5 Å². The summed E-state index contributed by atoms with van der Waals surface area (Å²) in [6.45, 7) is 2.51. The summed E-state index contributed by atoms with van der Waals surface area (Å²) >= 11 is 0. The average molecular weight is 487 g/mol. The number of carbonyl (C=O) groups is 1. The van der Waals surface area contributed by atoms with Crippen LogP contribution < -0.4 is 14.8 Å². The molecule has 1 aliphatic rings. The predicted molar refractivity (Wildman–Crippen MR) is 139 cm³/mol. The number of nitrogens with zero attached hydrogens (tertiary/aromatic N) is 1. The molecule has 0 bridgehead atoms. The molecule has 1 fully saturated rings. The molecule has 3 aromatic carbocycles. The summed E-state index contributed by atoms with van der Waals surface area (Å²) in [5.41, 5.74) is 2.39. The van der Waals surface area contributed by atoms with Gasteiger partial charge in [0.25, 0.3) is 5.91 Å². The number of furan rings is 1. The second-order valence-corrected chi connectivity index (χ2v) is 9.18. The van der Waals surface area contributed by atoms with E-state index in [2.05, 4.69) is 34.5 Å². The fourth-order valence-electron chi connectivity index (χ4n) is 4.76.